The van der Waals surface area contributed by atoms with Crippen LogP contribution >= 0.6 is 0 Å². The zero-order valence-corrected chi connectivity index (χ0v) is 12.7. The first-order valence-corrected chi connectivity index (χ1v) is 6.53. The molecule has 106 valence electrons. The molecule has 2 nitrogen and oxygen atoms in total. The van der Waals surface area contributed by atoms with Gasteiger partial charge in [0.1, 0.15) is 0 Å². The van der Waals surface area contributed by atoms with Gasteiger partial charge in [0.2, 0.25) is 0 Å². The van der Waals surface area contributed by atoms with Gasteiger partial charge in [0.15, 0.2) is 0 Å². The van der Waals surface area contributed by atoms with Gasteiger partial charge in [0.05, 0.1) is 22.8 Å². The topological polar surface area (TPSA) is 24.7 Å². The smallest absolute Gasteiger partial charge is 0.0633 e. The maximum atomic E-state index is 4.66. The number of nitrogens with zero attached hydrogens (tertiary/aromatic N) is 2. The summed E-state index contributed by atoms with van der Waals surface area (Å²) < 4.78 is 0. The molecule has 0 aliphatic heterocycles. The summed E-state index contributed by atoms with van der Waals surface area (Å²) in [6.07, 6.45) is 0.872. The molecule has 0 saturated carbocycles. The minimum Gasteiger partial charge on any atom is -0.252 e. The Bertz CT molecular complexity index is 574. The Balaban J connectivity index is 0.00000200. The summed E-state index contributed by atoms with van der Waals surface area (Å²) in [6.45, 7) is 4.12. The molecule has 0 spiro atoms. The van der Waals surface area contributed by atoms with Gasteiger partial charge >= 0.3 is 0 Å². The van der Waals surface area contributed by atoms with Crippen molar-refractivity contribution in [2.75, 3.05) is 0 Å². The third-order valence-electron chi connectivity index (χ3n) is 2.83. The first kappa shape index (κ1) is 16.3. The van der Waals surface area contributed by atoms with Crippen LogP contribution in [0.2, 0.25) is 0 Å². The SMILES string of the molecule is CCC(=Nc1ccccc1)C(C)=Nc1ccccc1.[Ni]. The van der Waals surface area contributed by atoms with Crippen LogP contribution in [0.15, 0.2) is 70.6 Å². The summed E-state index contributed by atoms with van der Waals surface area (Å²) >= 11 is 0. The van der Waals surface area contributed by atoms with Crippen LogP contribution in [0.3, 0.4) is 0 Å². The van der Waals surface area contributed by atoms with Crippen LogP contribution < -0.4 is 0 Å². The molecule has 20 heavy (non-hydrogen) atoms. The van der Waals surface area contributed by atoms with Crippen LogP contribution in [-0.4, -0.2) is 11.4 Å². The van der Waals surface area contributed by atoms with E-state index in [1.54, 1.807) is 0 Å². The van der Waals surface area contributed by atoms with Crippen molar-refractivity contribution in [3.05, 3.63) is 60.7 Å². The number of para-hydroxylation sites is 2. The molecule has 2 aromatic rings. The van der Waals surface area contributed by atoms with E-state index in [2.05, 4.69) is 16.9 Å². The Kier molecular flexibility index (Phi) is 6.89. The van der Waals surface area contributed by atoms with Crippen LogP contribution in [0.25, 0.3) is 0 Å². The molecule has 0 unspecified atom stereocenters. The molecule has 0 amide bonds. The van der Waals surface area contributed by atoms with Crippen molar-refractivity contribution in [2.45, 2.75) is 20.3 Å². The van der Waals surface area contributed by atoms with E-state index in [-0.39, 0.29) is 16.5 Å². The summed E-state index contributed by atoms with van der Waals surface area (Å²) in [5, 5.41) is 0. The first-order valence-electron chi connectivity index (χ1n) is 6.53. The molecule has 0 aliphatic rings. The molecule has 0 bridgehead atoms. The fourth-order valence-corrected chi connectivity index (χ4v) is 1.83. The van der Waals surface area contributed by atoms with Crippen LogP contribution in [0.5, 0.6) is 0 Å². The second-order valence-corrected chi connectivity index (χ2v) is 4.28. The van der Waals surface area contributed by atoms with Crippen LogP contribution in [0.1, 0.15) is 20.3 Å². The molecule has 0 aromatic heterocycles. The van der Waals surface area contributed by atoms with E-state index in [9.17, 15) is 0 Å². The standard InChI is InChI=1S/C17H18N2.Ni/c1-3-17(19-16-12-8-5-9-13-16)14(2)18-15-10-6-4-7-11-15;/h4-13H,3H2,1-2H3;. The van der Waals surface area contributed by atoms with Crippen molar-refractivity contribution in [3.8, 4) is 0 Å². The largest absolute Gasteiger partial charge is 0.252 e. The molecule has 3 heteroatoms. The zero-order valence-electron chi connectivity index (χ0n) is 11.7. The van der Waals surface area contributed by atoms with Gasteiger partial charge in [-0.3, -0.25) is 9.98 Å². The molecule has 2 rings (SSSR count). The van der Waals surface area contributed by atoms with Gasteiger partial charge in [-0.25, -0.2) is 0 Å². The van der Waals surface area contributed by atoms with Gasteiger partial charge in [-0.05, 0) is 37.6 Å². The number of benzene rings is 2. The first-order chi connectivity index (χ1) is 9.29. The fourth-order valence-electron chi connectivity index (χ4n) is 1.83. The van der Waals surface area contributed by atoms with Gasteiger partial charge in [-0.2, -0.15) is 0 Å². The van der Waals surface area contributed by atoms with Gasteiger partial charge in [0, 0.05) is 16.5 Å². The average Bonchev–Trinajstić information content (AvgIpc) is 2.47. The van der Waals surface area contributed by atoms with E-state index in [1.807, 2.05) is 67.6 Å². The minimum absolute atomic E-state index is 0. The van der Waals surface area contributed by atoms with Crippen LogP contribution in [0.4, 0.5) is 11.4 Å². The van der Waals surface area contributed by atoms with Crippen molar-refractivity contribution in [3.63, 3.8) is 0 Å². The summed E-state index contributed by atoms with van der Waals surface area (Å²) in [5.74, 6) is 0. The minimum atomic E-state index is 0. The van der Waals surface area contributed by atoms with Gasteiger partial charge in [-0.1, -0.05) is 43.3 Å². The Hall–Kier alpha value is -1.73. The van der Waals surface area contributed by atoms with E-state index < -0.39 is 0 Å². The molecule has 0 aliphatic carbocycles. The zero-order chi connectivity index (χ0) is 13.5. The molecule has 0 atom stereocenters. The predicted octanol–water partition coefficient (Wildman–Crippen LogP) is 4.96. The maximum Gasteiger partial charge on any atom is 0.0633 e. The number of rotatable bonds is 4. The summed E-state index contributed by atoms with van der Waals surface area (Å²) in [4.78, 5) is 9.27. The van der Waals surface area contributed by atoms with Crippen molar-refractivity contribution in [2.24, 2.45) is 9.98 Å². The summed E-state index contributed by atoms with van der Waals surface area (Å²) in [6, 6.07) is 20.0. The van der Waals surface area contributed by atoms with Gasteiger partial charge < -0.3 is 0 Å². The van der Waals surface area contributed by atoms with Crippen LogP contribution in [-0.2, 0) is 16.5 Å². The van der Waals surface area contributed by atoms with Crippen molar-refractivity contribution in [1.82, 2.24) is 0 Å². The summed E-state index contributed by atoms with van der Waals surface area (Å²) in [5.41, 5.74) is 3.93. The molecular weight excluding hydrogens is 291 g/mol. The van der Waals surface area contributed by atoms with Crippen molar-refractivity contribution in [1.29, 1.82) is 0 Å². The fraction of sp³-hybridized carbons (Fsp3) is 0.176. The third-order valence-corrected chi connectivity index (χ3v) is 2.83. The van der Waals surface area contributed by atoms with Crippen LogP contribution in [0, 0.1) is 0 Å². The Morgan fingerprint density at radius 1 is 0.800 bits per heavy atom. The maximum absolute atomic E-state index is 4.66. The molecule has 0 saturated heterocycles. The quantitative estimate of drug-likeness (QED) is 0.563. The van der Waals surface area contributed by atoms with E-state index in [0.717, 1.165) is 29.2 Å². The number of hydrogen-bond acceptors (Lipinski definition) is 2. The normalized spacial score (nSPS) is 11.9. The second kappa shape index (κ2) is 8.45. The number of hydrogen-bond donors (Lipinski definition) is 0. The Morgan fingerprint density at radius 3 is 1.70 bits per heavy atom. The average molecular weight is 309 g/mol. The Labute approximate surface area is 130 Å². The van der Waals surface area contributed by atoms with Crippen molar-refractivity contribution >= 4 is 22.8 Å². The third kappa shape index (κ3) is 4.75. The van der Waals surface area contributed by atoms with Crippen molar-refractivity contribution < 1.29 is 16.5 Å². The molecule has 0 radical (unpaired) electrons. The molecular formula is C17H18N2Ni. The molecule has 0 N–H and O–H groups in total. The molecule has 0 heterocycles. The second-order valence-electron chi connectivity index (χ2n) is 4.28. The van der Waals surface area contributed by atoms with Gasteiger partial charge in [-0.15, -0.1) is 0 Å². The van der Waals surface area contributed by atoms with E-state index in [0.29, 0.717) is 0 Å². The van der Waals surface area contributed by atoms with E-state index in [4.69, 9.17) is 0 Å². The predicted molar refractivity (Wildman–Crippen MR) is 83.0 cm³/mol. The molecule has 0 fully saturated rings. The molecule has 2 aromatic carbocycles. The van der Waals surface area contributed by atoms with E-state index in [1.165, 1.54) is 0 Å². The number of aliphatic imine (C=N–C) groups is 2. The van der Waals surface area contributed by atoms with E-state index >= 15 is 0 Å². The Morgan fingerprint density at radius 2 is 1.25 bits per heavy atom. The van der Waals surface area contributed by atoms with Gasteiger partial charge in [0.25, 0.3) is 0 Å². The summed E-state index contributed by atoms with van der Waals surface area (Å²) in [7, 11) is 0. The monoisotopic (exact) mass is 308 g/mol.